The minimum Gasteiger partial charge on any atom is -0.411 e. The molecule has 4 aliphatic rings. The molecule has 4 saturated heterocycles. The van der Waals surface area contributed by atoms with E-state index in [-0.39, 0.29) is 24.4 Å². The summed E-state index contributed by atoms with van der Waals surface area (Å²) in [5.74, 6) is 0. The van der Waals surface area contributed by atoms with Gasteiger partial charge >= 0.3 is 15.6 Å². The van der Waals surface area contributed by atoms with Crippen LogP contribution in [0.3, 0.4) is 0 Å². The maximum atomic E-state index is 13.3. The van der Waals surface area contributed by atoms with Crippen molar-refractivity contribution < 1.29 is 58.6 Å². The molecular weight excluding hydrogens is 770 g/mol. The monoisotopic (exact) mass is 828 g/mol. The largest absolute Gasteiger partial charge is 0.523 e. The summed E-state index contributed by atoms with van der Waals surface area (Å²) in [5.41, 5.74) is -5.10. The molecule has 0 unspecified atom stereocenters. The molecule has 15 heteroatoms. The van der Waals surface area contributed by atoms with Crippen molar-refractivity contribution in [3.63, 3.8) is 0 Å². The second-order valence-corrected chi connectivity index (χ2v) is 22.5. The molecule has 4 aliphatic heterocycles. The highest BCUT2D eigenvalue weighted by Crippen LogP contribution is 2.52. The smallest absolute Gasteiger partial charge is 0.411 e. The van der Waals surface area contributed by atoms with Gasteiger partial charge in [-0.3, -0.25) is 4.18 Å². The molecule has 0 aromatic heterocycles. The van der Waals surface area contributed by atoms with Crippen LogP contribution in [-0.2, 0) is 60.4 Å². The van der Waals surface area contributed by atoms with Crippen LogP contribution in [0.4, 0.5) is 13.2 Å². The molecule has 0 amide bonds. The van der Waals surface area contributed by atoms with Gasteiger partial charge in [0, 0.05) is 32.3 Å². The summed E-state index contributed by atoms with van der Waals surface area (Å²) < 4.78 is 115. The summed E-state index contributed by atoms with van der Waals surface area (Å²) in [6, 6.07) is 22.5. The summed E-state index contributed by atoms with van der Waals surface area (Å²) in [4.78, 5) is 0. The van der Waals surface area contributed by atoms with Crippen molar-refractivity contribution in [1.29, 1.82) is 0 Å². The Morgan fingerprint density at radius 3 is 2.09 bits per heavy atom. The van der Waals surface area contributed by atoms with E-state index in [2.05, 4.69) is 25.0 Å². The molecule has 10 nitrogen and oxygen atoms in total. The van der Waals surface area contributed by atoms with E-state index in [1.165, 1.54) is 0 Å². The molecule has 6 rings (SSSR count). The number of benzene rings is 2. The molecule has 2 aromatic carbocycles. The maximum Gasteiger partial charge on any atom is 0.523 e. The van der Waals surface area contributed by atoms with Crippen molar-refractivity contribution in [3.8, 4) is 0 Å². The molecule has 10 atom stereocenters. The van der Waals surface area contributed by atoms with Gasteiger partial charge in [-0.25, -0.2) is 0 Å². The van der Waals surface area contributed by atoms with Crippen LogP contribution in [0.1, 0.15) is 84.3 Å². The Labute approximate surface area is 331 Å². The molecule has 314 valence electrons. The predicted octanol–water partition coefficient (Wildman–Crippen LogP) is 8.24. The third kappa shape index (κ3) is 9.91. The average molecular weight is 829 g/mol. The second-order valence-electron chi connectivity index (χ2n) is 16.2. The van der Waals surface area contributed by atoms with Gasteiger partial charge < -0.3 is 32.8 Å². The number of hydrogen-bond donors (Lipinski definition) is 0. The van der Waals surface area contributed by atoms with Crippen molar-refractivity contribution >= 4 is 18.4 Å². The normalized spacial score (nSPS) is 33.6. The SMILES string of the molecule is CC[Si](CC)(CC)O[C@H]1C[C@H]2O[C@H]3C[C@H]4O[C@@H](CCCOCc5ccccc5)C[C@H](OCc5ccccc5)[C@]4(C)O[C@]3(C)C[C@@H]2O[C@@H]1COS(=O)(=O)C(F)(F)F. The van der Waals surface area contributed by atoms with Crippen LogP contribution in [0.2, 0.25) is 18.1 Å². The fraction of sp³-hybridized carbons (Fsp3) is 0.707. The number of rotatable bonds is 17. The third-order valence-corrected chi connectivity index (χ3v) is 18.2. The van der Waals surface area contributed by atoms with Gasteiger partial charge in [-0.1, -0.05) is 81.4 Å². The summed E-state index contributed by atoms with van der Waals surface area (Å²) in [7, 11) is -8.14. The molecule has 0 aliphatic carbocycles. The quantitative estimate of drug-likeness (QED) is 0.0670. The lowest BCUT2D eigenvalue weighted by atomic mass is 9.72. The molecule has 0 bridgehead atoms. The highest BCUT2D eigenvalue weighted by molar-refractivity contribution is 7.87. The molecule has 0 saturated carbocycles. The summed E-state index contributed by atoms with van der Waals surface area (Å²) >= 11 is 0. The van der Waals surface area contributed by atoms with E-state index in [9.17, 15) is 21.6 Å². The van der Waals surface area contributed by atoms with Crippen LogP contribution in [0, 0.1) is 0 Å². The zero-order chi connectivity index (χ0) is 40.2. The topological polar surface area (TPSA) is 108 Å². The molecule has 0 spiro atoms. The van der Waals surface area contributed by atoms with E-state index < -0.39 is 66.2 Å². The van der Waals surface area contributed by atoms with Crippen LogP contribution < -0.4 is 0 Å². The maximum absolute atomic E-state index is 13.3. The van der Waals surface area contributed by atoms with Crippen LogP contribution in [0.5, 0.6) is 0 Å². The van der Waals surface area contributed by atoms with Gasteiger partial charge in [-0.05, 0) is 55.9 Å². The van der Waals surface area contributed by atoms with Gasteiger partial charge in [-0.15, -0.1) is 0 Å². The number of halogens is 3. The van der Waals surface area contributed by atoms with Crippen molar-refractivity contribution in [3.05, 3.63) is 71.8 Å². The molecular formula is C41H59F3O10SSi. The Kier molecular flexibility index (Phi) is 14.1. The van der Waals surface area contributed by atoms with Crippen molar-refractivity contribution in [2.75, 3.05) is 13.2 Å². The molecule has 0 radical (unpaired) electrons. The van der Waals surface area contributed by atoms with Gasteiger partial charge in [0.1, 0.15) is 11.7 Å². The van der Waals surface area contributed by atoms with Gasteiger partial charge in [-0.2, -0.15) is 21.6 Å². The Morgan fingerprint density at radius 2 is 1.46 bits per heavy atom. The highest BCUT2D eigenvalue weighted by Gasteiger charge is 2.63. The first kappa shape index (κ1) is 43.7. The molecule has 2 aromatic rings. The van der Waals surface area contributed by atoms with Gasteiger partial charge in [0.05, 0.1) is 68.1 Å². The number of hydrogen-bond acceptors (Lipinski definition) is 10. The lowest BCUT2D eigenvalue weighted by Crippen LogP contribution is -2.72. The van der Waals surface area contributed by atoms with Gasteiger partial charge in [0.2, 0.25) is 0 Å². The number of fused-ring (bicyclic) bond motifs is 3. The third-order valence-electron chi connectivity index (χ3n) is 12.5. The van der Waals surface area contributed by atoms with E-state index >= 15 is 0 Å². The van der Waals surface area contributed by atoms with Gasteiger partial charge in [0.15, 0.2) is 8.32 Å². The minimum absolute atomic E-state index is 0.0850. The van der Waals surface area contributed by atoms with E-state index in [0.29, 0.717) is 45.5 Å². The zero-order valence-corrected chi connectivity index (χ0v) is 35.0. The Hall–Kier alpha value is -1.92. The highest BCUT2D eigenvalue weighted by atomic mass is 32.2. The lowest BCUT2D eigenvalue weighted by Gasteiger charge is -2.62. The number of alkyl halides is 3. The first-order chi connectivity index (χ1) is 26.6. The van der Waals surface area contributed by atoms with E-state index in [0.717, 1.165) is 42.1 Å². The van der Waals surface area contributed by atoms with E-state index in [4.69, 9.17) is 32.8 Å². The van der Waals surface area contributed by atoms with Crippen molar-refractivity contribution in [2.45, 2.75) is 170 Å². The lowest BCUT2D eigenvalue weighted by molar-refractivity contribution is -0.369. The van der Waals surface area contributed by atoms with Crippen LogP contribution in [0.25, 0.3) is 0 Å². The van der Waals surface area contributed by atoms with E-state index in [1.807, 2.05) is 74.5 Å². The van der Waals surface area contributed by atoms with E-state index in [1.54, 1.807) is 0 Å². The zero-order valence-electron chi connectivity index (χ0n) is 33.2. The molecule has 56 heavy (non-hydrogen) atoms. The predicted molar refractivity (Wildman–Crippen MR) is 206 cm³/mol. The fourth-order valence-corrected chi connectivity index (χ4v) is 12.3. The first-order valence-electron chi connectivity index (χ1n) is 20.2. The Morgan fingerprint density at radius 1 is 0.821 bits per heavy atom. The number of ether oxygens (including phenoxy) is 6. The molecule has 0 N–H and O–H groups in total. The van der Waals surface area contributed by atoms with Crippen LogP contribution >= 0.6 is 0 Å². The van der Waals surface area contributed by atoms with Crippen LogP contribution in [-0.4, -0.2) is 95.5 Å². The van der Waals surface area contributed by atoms with Gasteiger partial charge in [0.25, 0.3) is 0 Å². The van der Waals surface area contributed by atoms with Crippen molar-refractivity contribution in [2.24, 2.45) is 0 Å². The Bertz CT molecular complexity index is 1640. The standard InChI is InChI=1S/C41H59F3O10SSi/c1-6-56(7-2,8-3)53-33-23-32-34(51-35(33)28-49-55(45,46)41(42,43)44)25-39(4)36(52-32)24-38-40(5,54-39)37(48-27-30-18-13-10-14-19-30)22-31(50-38)20-15-21-47-26-29-16-11-9-12-17-29/h9-14,16-19,31-38H,6-8,15,20-28H2,1-5H3/t31-,32+,33-,34-,35+,36-,37-,38+,39+,40-/m0/s1. The Balaban J connectivity index is 1.18. The first-order valence-corrected chi connectivity index (χ1v) is 24.1. The average Bonchev–Trinajstić information content (AvgIpc) is 3.17. The minimum atomic E-state index is -5.83. The van der Waals surface area contributed by atoms with Crippen LogP contribution in [0.15, 0.2) is 60.7 Å². The second kappa shape index (κ2) is 18.1. The molecule has 4 fully saturated rings. The summed E-state index contributed by atoms with van der Waals surface area (Å²) in [6.45, 7) is 10.9. The fourth-order valence-electron chi connectivity index (χ4n) is 8.96. The van der Waals surface area contributed by atoms with Crippen molar-refractivity contribution in [1.82, 2.24) is 0 Å². The summed E-state index contributed by atoms with van der Waals surface area (Å²) in [5, 5.41) is 0. The summed E-state index contributed by atoms with van der Waals surface area (Å²) in [6.07, 6.45) is -0.480. The molecule has 4 heterocycles.